The molecule has 1 unspecified atom stereocenters. The highest BCUT2D eigenvalue weighted by molar-refractivity contribution is 5.32. The molecule has 1 heterocycles. The summed E-state index contributed by atoms with van der Waals surface area (Å²) in [4.78, 5) is 16.2. The lowest BCUT2D eigenvalue weighted by molar-refractivity contribution is 0.684. The van der Waals surface area contributed by atoms with Gasteiger partial charge >= 0.3 is 0 Å². The molecule has 0 saturated heterocycles. The van der Waals surface area contributed by atoms with Gasteiger partial charge in [-0.2, -0.15) is 0 Å². The molecule has 1 aromatic carbocycles. The zero-order valence-electron chi connectivity index (χ0n) is 12.0. The topological polar surface area (TPSA) is 46.9 Å². The number of anilines is 1. The molecule has 0 spiro atoms. The highest BCUT2D eigenvalue weighted by Gasteiger charge is 2.08. The molecule has 1 aromatic heterocycles. The van der Waals surface area contributed by atoms with E-state index in [4.69, 9.17) is 0 Å². The summed E-state index contributed by atoms with van der Waals surface area (Å²) in [6, 6.07) is 10.6. The maximum atomic E-state index is 12.0. The second-order valence-electron chi connectivity index (χ2n) is 4.94. The van der Waals surface area contributed by atoms with Crippen molar-refractivity contribution in [3.8, 4) is 0 Å². The molecule has 0 aliphatic heterocycles. The molecule has 0 aliphatic carbocycles. The van der Waals surface area contributed by atoms with Crippen molar-refractivity contribution in [2.24, 2.45) is 0 Å². The van der Waals surface area contributed by atoms with Crippen LogP contribution in [0, 0.1) is 0 Å². The number of rotatable bonds is 6. The average Bonchev–Trinajstić information content (AvgIpc) is 2.48. The van der Waals surface area contributed by atoms with Gasteiger partial charge in [0.15, 0.2) is 5.82 Å². The SMILES string of the molecule is CCn1ccnc(NC(C)CCc2ccccc2)c1=O. The molecule has 0 aliphatic rings. The van der Waals surface area contributed by atoms with Crippen molar-refractivity contribution in [2.75, 3.05) is 5.32 Å². The lowest BCUT2D eigenvalue weighted by Gasteiger charge is -2.14. The second-order valence-corrected chi connectivity index (χ2v) is 4.94. The molecule has 1 N–H and O–H groups in total. The van der Waals surface area contributed by atoms with Gasteiger partial charge in [0, 0.05) is 25.0 Å². The third-order valence-electron chi connectivity index (χ3n) is 3.35. The van der Waals surface area contributed by atoms with E-state index in [-0.39, 0.29) is 11.6 Å². The second kappa shape index (κ2) is 6.89. The van der Waals surface area contributed by atoms with Crippen LogP contribution < -0.4 is 10.9 Å². The van der Waals surface area contributed by atoms with Gasteiger partial charge in [-0.05, 0) is 32.3 Å². The van der Waals surface area contributed by atoms with Gasteiger partial charge in [-0.1, -0.05) is 30.3 Å². The Labute approximate surface area is 119 Å². The number of nitrogens with zero attached hydrogens (tertiary/aromatic N) is 2. The van der Waals surface area contributed by atoms with E-state index in [2.05, 4.69) is 29.4 Å². The fourth-order valence-electron chi connectivity index (χ4n) is 2.13. The molecule has 2 aromatic rings. The summed E-state index contributed by atoms with van der Waals surface area (Å²) >= 11 is 0. The first-order valence-electron chi connectivity index (χ1n) is 7.06. The quantitative estimate of drug-likeness (QED) is 0.878. The van der Waals surface area contributed by atoms with Crippen LogP contribution in [0.5, 0.6) is 0 Å². The normalized spacial score (nSPS) is 12.1. The van der Waals surface area contributed by atoms with Crippen molar-refractivity contribution in [1.29, 1.82) is 0 Å². The first-order valence-corrected chi connectivity index (χ1v) is 7.06. The molecular weight excluding hydrogens is 250 g/mol. The van der Waals surface area contributed by atoms with Gasteiger partial charge in [0.2, 0.25) is 0 Å². The van der Waals surface area contributed by atoms with Crippen LogP contribution in [-0.4, -0.2) is 15.6 Å². The monoisotopic (exact) mass is 271 g/mol. The van der Waals surface area contributed by atoms with Crippen molar-refractivity contribution in [2.45, 2.75) is 39.3 Å². The van der Waals surface area contributed by atoms with Crippen molar-refractivity contribution >= 4 is 5.82 Å². The van der Waals surface area contributed by atoms with Crippen LogP contribution in [0.2, 0.25) is 0 Å². The smallest absolute Gasteiger partial charge is 0.293 e. The Morgan fingerprint density at radius 2 is 2.05 bits per heavy atom. The Morgan fingerprint density at radius 1 is 1.30 bits per heavy atom. The van der Waals surface area contributed by atoms with E-state index >= 15 is 0 Å². The summed E-state index contributed by atoms with van der Waals surface area (Å²) in [7, 11) is 0. The largest absolute Gasteiger partial charge is 0.363 e. The minimum absolute atomic E-state index is 0.0541. The summed E-state index contributed by atoms with van der Waals surface area (Å²) < 4.78 is 1.65. The van der Waals surface area contributed by atoms with Crippen LogP contribution in [0.1, 0.15) is 25.8 Å². The fourth-order valence-corrected chi connectivity index (χ4v) is 2.13. The van der Waals surface area contributed by atoms with Crippen LogP contribution in [-0.2, 0) is 13.0 Å². The van der Waals surface area contributed by atoms with Crippen LogP contribution in [0.4, 0.5) is 5.82 Å². The molecule has 1 atom stereocenters. The first kappa shape index (κ1) is 14.3. The Bertz CT molecular complexity index is 592. The number of nitrogens with one attached hydrogen (secondary N) is 1. The van der Waals surface area contributed by atoms with E-state index in [1.807, 2.05) is 25.1 Å². The average molecular weight is 271 g/mol. The Kier molecular flexibility index (Phi) is 4.93. The molecular formula is C16H21N3O. The van der Waals surface area contributed by atoms with Gasteiger partial charge in [0.1, 0.15) is 0 Å². The molecule has 4 nitrogen and oxygen atoms in total. The maximum Gasteiger partial charge on any atom is 0.293 e. The molecule has 0 fully saturated rings. The Morgan fingerprint density at radius 3 is 2.75 bits per heavy atom. The van der Waals surface area contributed by atoms with Gasteiger partial charge in [0.05, 0.1) is 0 Å². The van der Waals surface area contributed by atoms with E-state index in [1.54, 1.807) is 17.0 Å². The summed E-state index contributed by atoms with van der Waals surface area (Å²) in [6.45, 7) is 4.69. The fraction of sp³-hybridized carbons (Fsp3) is 0.375. The van der Waals surface area contributed by atoms with E-state index in [0.29, 0.717) is 12.4 Å². The van der Waals surface area contributed by atoms with Crippen molar-refractivity contribution in [3.05, 3.63) is 58.6 Å². The number of aromatic nitrogens is 2. The van der Waals surface area contributed by atoms with Gasteiger partial charge in [-0.25, -0.2) is 4.98 Å². The third kappa shape index (κ3) is 3.70. The van der Waals surface area contributed by atoms with Crippen LogP contribution in [0.15, 0.2) is 47.5 Å². The predicted molar refractivity (Wildman–Crippen MR) is 82.0 cm³/mol. The van der Waals surface area contributed by atoms with E-state index in [9.17, 15) is 4.79 Å². The van der Waals surface area contributed by atoms with Crippen LogP contribution in [0.25, 0.3) is 0 Å². The lowest BCUT2D eigenvalue weighted by atomic mass is 10.1. The highest BCUT2D eigenvalue weighted by Crippen LogP contribution is 2.07. The first-order chi connectivity index (χ1) is 9.70. The Hall–Kier alpha value is -2.10. The minimum atomic E-state index is -0.0541. The van der Waals surface area contributed by atoms with Gasteiger partial charge < -0.3 is 9.88 Å². The number of hydrogen-bond acceptors (Lipinski definition) is 3. The molecule has 106 valence electrons. The summed E-state index contributed by atoms with van der Waals surface area (Å²) in [6.07, 6.45) is 5.33. The minimum Gasteiger partial charge on any atom is -0.363 e. The molecule has 0 saturated carbocycles. The van der Waals surface area contributed by atoms with Crippen molar-refractivity contribution in [3.63, 3.8) is 0 Å². The van der Waals surface area contributed by atoms with Gasteiger partial charge in [0.25, 0.3) is 5.56 Å². The molecule has 0 bridgehead atoms. The number of aryl methyl sites for hydroxylation is 2. The molecule has 20 heavy (non-hydrogen) atoms. The van der Waals surface area contributed by atoms with Crippen LogP contribution >= 0.6 is 0 Å². The maximum absolute atomic E-state index is 12.0. The van der Waals surface area contributed by atoms with Crippen LogP contribution in [0.3, 0.4) is 0 Å². The van der Waals surface area contributed by atoms with E-state index in [1.165, 1.54) is 5.56 Å². The molecule has 0 amide bonds. The number of hydrogen-bond donors (Lipinski definition) is 1. The standard InChI is InChI=1S/C16H21N3O/c1-3-19-12-11-17-15(16(19)20)18-13(2)9-10-14-7-5-4-6-8-14/h4-8,11-13H,3,9-10H2,1-2H3,(H,17,18). The van der Waals surface area contributed by atoms with Gasteiger partial charge in [-0.3, -0.25) is 4.79 Å². The zero-order chi connectivity index (χ0) is 14.4. The van der Waals surface area contributed by atoms with E-state index < -0.39 is 0 Å². The highest BCUT2D eigenvalue weighted by atomic mass is 16.1. The van der Waals surface area contributed by atoms with Crippen molar-refractivity contribution < 1.29 is 0 Å². The van der Waals surface area contributed by atoms with Crippen molar-refractivity contribution in [1.82, 2.24) is 9.55 Å². The third-order valence-corrected chi connectivity index (χ3v) is 3.35. The summed E-state index contributed by atoms with van der Waals surface area (Å²) in [5.41, 5.74) is 1.26. The summed E-state index contributed by atoms with van der Waals surface area (Å²) in [5, 5.41) is 3.21. The van der Waals surface area contributed by atoms with Gasteiger partial charge in [-0.15, -0.1) is 0 Å². The molecule has 2 rings (SSSR count). The molecule has 0 radical (unpaired) electrons. The predicted octanol–water partition coefficient (Wildman–Crippen LogP) is 2.70. The number of benzene rings is 1. The lowest BCUT2D eigenvalue weighted by Crippen LogP contribution is -2.27. The zero-order valence-corrected chi connectivity index (χ0v) is 12.0. The van der Waals surface area contributed by atoms with E-state index in [0.717, 1.165) is 12.8 Å². The Balaban J connectivity index is 1.95. The summed E-state index contributed by atoms with van der Waals surface area (Å²) in [5.74, 6) is 0.440. The molecule has 4 heteroatoms.